The topological polar surface area (TPSA) is 105 Å². The Hall–Kier alpha value is -2.12. The Morgan fingerprint density at radius 2 is 1.13 bits per heavy atom. The van der Waals surface area contributed by atoms with Gasteiger partial charge in [-0.1, -0.05) is 0 Å². The van der Waals surface area contributed by atoms with Crippen molar-refractivity contribution in [2.24, 2.45) is 5.41 Å². The molecule has 1 saturated carbocycles. The smallest absolute Gasteiger partial charge is 0.323 e. The standard InChI is InChI=1S/C15H22O8/c1-9(16)22-11-5-7-15(13(18)20-3,14(19)21-4)8-6-12(11)23-10(2)17/h11-12H,5-8H2,1-4H3/t11-,12-/m1/s1. The van der Waals surface area contributed by atoms with E-state index in [-0.39, 0.29) is 25.7 Å². The Labute approximate surface area is 134 Å². The van der Waals surface area contributed by atoms with Gasteiger partial charge in [0.15, 0.2) is 5.41 Å². The summed E-state index contributed by atoms with van der Waals surface area (Å²) in [5.41, 5.74) is -1.49. The van der Waals surface area contributed by atoms with E-state index in [0.29, 0.717) is 0 Å². The summed E-state index contributed by atoms with van der Waals surface area (Å²) in [7, 11) is 2.37. The van der Waals surface area contributed by atoms with E-state index >= 15 is 0 Å². The van der Waals surface area contributed by atoms with E-state index in [9.17, 15) is 19.2 Å². The molecule has 0 bridgehead atoms. The first-order valence-corrected chi connectivity index (χ1v) is 7.28. The van der Waals surface area contributed by atoms with Crippen molar-refractivity contribution in [1.82, 2.24) is 0 Å². The Balaban J connectivity index is 3.09. The predicted octanol–water partition coefficient (Wildman–Crippen LogP) is 0.756. The summed E-state index contributed by atoms with van der Waals surface area (Å²) in [6, 6.07) is 0. The summed E-state index contributed by atoms with van der Waals surface area (Å²) in [4.78, 5) is 46.8. The summed E-state index contributed by atoms with van der Waals surface area (Å²) in [5.74, 6) is -2.49. The van der Waals surface area contributed by atoms with Gasteiger partial charge >= 0.3 is 23.9 Å². The van der Waals surface area contributed by atoms with Crippen LogP contribution in [0, 0.1) is 5.41 Å². The number of rotatable bonds is 4. The summed E-state index contributed by atoms with van der Waals surface area (Å²) < 4.78 is 19.9. The monoisotopic (exact) mass is 330 g/mol. The maximum atomic E-state index is 12.2. The van der Waals surface area contributed by atoms with Gasteiger partial charge in [0.1, 0.15) is 12.2 Å². The Kier molecular flexibility index (Phi) is 6.53. The number of carbonyl (C=O) groups excluding carboxylic acids is 4. The van der Waals surface area contributed by atoms with Gasteiger partial charge in [0.2, 0.25) is 0 Å². The van der Waals surface area contributed by atoms with Gasteiger partial charge in [-0.15, -0.1) is 0 Å². The molecule has 0 N–H and O–H groups in total. The van der Waals surface area contributed by atoms with Crippen LogP contribution in [0.4, 0.5) is 0 Å². The lowest BCUT2D eigenvalue weighted by Crippen LogP contribution is -2.41. The molecule has 0 spiro atoms. The fourth-order valence-electron chi connectivity index (χ4n) is 2.85. The van der Waals surface area contributed by atoms with Crippen LogP contribution >= 0.6 is 0 Å². The third kappa shape index (κ3) is 4.43. The molecule has 23 heavy (non-hydrogen) atoms. The number of esters is 4. The van der Waals surface area contributed by atoms with Crippen molar-refractivity contribution >= 4 is 23.9 Å². The van der Waals surface area contributed by atoms with Crippen LogP contribution < -0.4 is 0 Å². The molecule has 1 aliphatic rings. The lowest BCUT2D eigenvalue weighted by Gasteiger charge is -2.26. The van der Waals surface area contributed by atoms with Crippen LogP contribution in [0.15, 0.2) is 0 Å². The van der Waals surface area contributed by atoms with E-state index in [1.165, 1.54) is 28.1 Å². The largest absolute Gasteiger partial charge is 0.468 e. The van der Waals surface area contributed by atoms with E-state index in [1.54, 1.807) is 0 Å². The zero-order valence-corrected chi connectivity index (χ0v) is 13.7. The Morgan fingerprint density at radius 1 is 0.783 bits per heavy atom. The quantitative estimate of drug-likeness (QED) is 0.322. The first kappa shape index (κ1) is 18.9. The van der Waals surface area contributed by atoms with Crippen molar-refractivity contribution in [2.45, 2.75) is 51.7 Å². The molecular weight excluding hydrogens is 308 g/mol. The maximum Gasteiger partial charge on any atom is 0.323 e. The predicted molar refractivity (Wildman–Crippen MR) is 76.0 cm³/mol. The van der Waals surface area contributed by atoms with Gasteiger partial charge in [0.05, 0.1) is 14.2 Å². The van der Waals surface area contributed by atoms with Crippen molar-refractivity contribution < 1.29 is 38.1 Å². The highest BCUT2D eigenvalue weighted by molar-refractivity contribution is 6.00. The van der Waals surface area contributed by atoms with Gasteiger partial charge in [-0.3, -0.25) is 19.2 Å². The minimum absolute atomic E-state index is 0.0715. The molecule has 130 valence electrons. The number of carbonyl (C=O) groups is 4. The first-order chi connectivity index (χ1) is 10.8. The van der Waals surface area contributed by atoms with Gasteiger partial charge in [0, 0.05) is 13.8 Å². The molecule has 8 nitrogen and oxygen atoms in total. The normalized spacial score (nSPS) is 23.1. The van der Waals surface area contributed by atoms with Crippen LogP contribution in [0.3, 0.4) is 0 Å². The van der Waals surface area contributed by atoms with Crippen molar-refractivity contribution in [3.8, 4) is 0 Å². The number of hydrogen-bond donors (Lipinski definition) is 0. The van der Waals surface area contributed by atoms with Crippen molar-refractivity contribution in [3.63, 3.8) is 0 Å². The number of ether oxygens (including phenoxy) is 4. The molecule has 0 amide bonds. The van der Waals surface area contributed by atoms with Gasteiger partial charge in [-0.05, 0) is 25.7 Å². The molecule has 0 aromatic carbocycles. The molecule has 0 saturated heterocycles. The van der Waals surface area contributed by atoms with Crippen LogP contribution in [0.1, 0.15) is 39.5 Å². The average Bonchev–Trinajstić information content (AvgIpc) is 2.66. The third-order valence-electron chi connectivity index (χ3n) is 3.91. The molecule has 1 aliphatic carbocycles. The van der Waals surface area contributed by atoms with E-state index in [4.69, 9.17) is 18.9 Å². The average molecular weight is 330 g/mol. The first-order valence-electron chi connectivity index (χ1n) is 7.28. The second-order valence-corrected chi connectivity index (χ2v) is 5.44. The molecular formula is C15H22O8. The van der Waals surface area contributed by atoms with Gasteiger partial charge < -0.3 is 18.9 Å². The fraction of sp³-hybridized carbons (Fsp3) is 0.733. The highest BCUT2D eigenvalue weighted by Crippen LogP contribution is 2.39. The van der Waals surface area contributed by atoms with E-state index in [1.807, 2.05) is 0 Å². The van der Waals surface area contributed by atoms with Gasteiger partial charge in [0.25, 0.3) is 0 Å². The lowest BCUT2D eigenvalue weighted by atomic mass is 9.80. The van der Waals surface area contributed by atoms with Crippen molar-refractivity contribution in [3.05, 3.63) is 0 Å². The third-order valence-corrected chi connectivity index (χ3v) is 3.91. The molecule has 0 radical (unpaired) electrons. The molecule has 1 rings (SSSR count). The number of methoxy groups -OCH3 is 2. The van der Waals surface area contributed by atoms with E-state index in [2.05, 4.69) is 0 Å². The summed E-state index contributed by atoms with van der Waals surface area (Å²) in [6.45, 7) is 2.48. The van der Waals surface area contributed by atoms with Crippen LogP contribution in [0.5, 0.6) is 0 Å². The molecule has 0 aromatic heterocycles. The van der Waals surface area contributed by atoms with E-state index in [0.717, 1.165) is 0 Å². The molecule has 0 aromatic rings. The van der Waals surface area contributed by atoms with Crippen LogP contribution in [0.25, 0.3) is 0 Å². The number of hydrogen-bond acceptors (Lipinski definition) is 8. The summed E-state index contributed by atoms with van der Waals surface area (Å²) >= 11 is 0. The second-order valence-electron chi connectivity index (χ2n) is 5.44. The molecule has 0 heterocycles. The molecule has 1 fully saturated rings. The minimum atomic E-state index is -1.49. The van der Waals surface area contributed by atoms with Crippen LogP contribution in [-0.2, 0) is 38.1 Å². The molecule has 0 unspecified atom stereocenters. The molecule has 0 aliphatic heterocycles. The van der Waals surface area contributed by atoms with Crippen LogP contribution in [-0.4, -0.2) is 50.3 Å². The zero-order chi connectivity index (χ0) is 17.6. The highest BCUT2D eigenvalue weighted by Gasteiger charge is 2.51. The summed E-state index contributed by atoms with van der Waals surface area (Å²) in [6.07, 6.45) is -0.978. The SMILES string of the molecule is COC(=O)C1(C(=O)OC)CC[C@@H](OC(C)=O)[C@H](OC(C)=O)CC1. The van der Waals surface area contributed by atoms with Gasteiger partial charge in [-0.25, -0.2) is 0 Å². The fourth-order valence-corrected chi connectivity index (χ4v) is 2.85. The second kappa shape index (κ2) is 7.94. The summed E-state index contributed by atoms with van der Waals surface area (Å²) in [5, 5.41) is 0. The van der Waals surface area contributed by atoms with Crippen LogP contribution in [0.2, 0.25) is 0 Å². The Morgan fingerprint density at radius 3 is 1.39 bits per heavy atom. The zero-order valence-electron chi connectivity index (χ0n) is 13.7. The Bertz CT molecular complexity index is 440. The van der Waals surface area contributed by atoms with E-state index < -0.39 is 41.5 Å². The molecule has 8 heteroatoms. The van der Waals surface area contributed by atoms with Crippen molar-refractivity contribution in [2.75, 3.05) is 14.2 Å². The molecule has 2 atom stereocenters. The highest BCUT2D eigenvalue weighted by atomic mass is 16.6. The maximum absolute atomic E-state index is 12.2. The lowest BCUT2D eigenvalue weighted by molar-refractivity contribution is -0.170. The van der Waals surface area contributed by atoms with Gasteiger partial charge in [-0.2, -0.15) is 0 Å². The van der Waals surface area contributed by atoms with Crippen molar-refractivity contribution in [1.29, 1.82) is 0 Å². The minimum Gasteiger partial charge on any atom is -0.468 e.